The molecule has 2 atom stereocenters. The van der Waals surface area contributed by atoms with E-state index in [4.69, 9.17) is 0 Å². The van der Waals surface area contributed by atoms with Crippen LogP contribution in [-0.4, -0.2) is 11.5 Å². The van der Waals surface area contributed by atoms with Crippen LogP contribution in [0.15, 0.2) is 23.8 Å². The summed E-state index contributed by atoms with van der Waals surface area (Å²) in [5, 5.41) is 10.5. The van der Waals surface area contributed by atoms with Crippen molar-refractivity contribution in [1.29, 1.82) is 0 Å². The summed E-state index contributed by atoms with van der Waals surface area (Å²) in [6.45, 7) is 0.160. The molecule has 0 aromatic carbocycles. The van der Waals surface area contributed by atoms with Crippen molar-refractivity contribution in [2.24, 2.45) is 11.8 Å². The van der Waals surface area contributed by atoms with Gasteiger partial charge in [-0.25, -0.2) is 0 Å². The Balaban J connectivity index is 1.96. The van der Waals surface area contributed by atoms with Gasteiger partial charge in [0.15, 0.2) is 0 Å². The van der Waals surface area contributed by atoms with E-state index in [-0.39, 0.29) is 11.5 Å². The number of rotatable bonds is 2. The molecular weight excluding hydrogens is 190 g/mol. The second-order valence-corrected chi connectivity index (χ2v) is 4.60. The van der Waals surface area contributed by atoms with Crippen LogP contribution in [0.2, 0.25) is 0 Å². The number of allylic oxidation sites excluding steroid dienone is 4. The first-order valence-corrected chi connectivity index (χ1v) is 5.73. The predicted octanol–water partition coefficient (Wildman–Crippen LogP) is 2.96. The molecule has 3 nitrogen and oxygen atoms in total. The summed E-state index contributed by atoms with van der Waals surface area (Å²) >= 11 is 0. The lowest BCUT2D eigenvalue weighted by Crippen LogP contribution is -2.13. The smallest absolute Gasteiger partial charge is 0.206 e. The van der Waals surface area contributed by atoms with Gasteiger partial charge in [0, 0.05) is 10.8 Å². The number of nitrogens with zero attached hydrogens (tertiary/aromatic N) is 1. The van der Waals surface area contributed by atoms with Gasteiger partial charge in [-0.2, -0.15) is 0 Å². The molecule has 0 bridgehead atoms. The van der Waals surface area contributed by atoms with Gasteiger partial charge in [0.1, 0.15) is 0 Å². The van der Waals surface area contributed by atoms with Gasteiger partial charge in [-0.1, -0.05) is 23.8 Å². The molecule has 0 N–H and O–H groups in total. The maximum Gasteiger partial charge on any atom is 0.206 e. The molecule has 0 saturated heterocycles. The molecule has 1 saturated carbocycles. The maximum atomic E-state index is 10.5. The molecule has 0 aliphatic heterocycles. The van der Waals surface area contributed by atoms with E-state index in [0.717, 1.165) is 32.1 Å². The Hall–Kier alpha value is -1.12. The molecule has 2 rings (SSSR count). The first-order chi connectivity index (χ1) is 7.25. The minimum atomic E-state index is -0.160. The highest BCUT2D eigenvalue weighted by Crippen LogP contribution is 2.35. The Morgan fingerprint density at radius 3 is 3.07 bits per heavy atom. The van der Waals surface area contributed by atoms with Gasteiger partial charge in [-0.15, -0.1) is 0 Å². The van der Waals surface area contributed by atoms with Crippen molar-refractivity contribution in [2.75, 3.05) is 6.54 Å². The van der Waals surface area contributed by atoms with E-state index in [1.54, 1.807) is 0 Å². The highest BCUT2D eigenvalue weighted by Gasteiger charge is 2.25. The van der Waals surface area contributed by atoms with Crippen LogP contribution in [0.1, 0.15) is 32.1 Å². The lowest BCUT2D eigenvalue weighted by Gasteiger charge is -2.18. The molecule has 2 aliphatic rings. The molecule has 0 spiro atoms. The molecule has 0 radical (unpaired) electrons. The van der Waals surface area contributed by atoms with Crippen LogP contribution in [0.5, 0.6) is 0 Å². The summed E-state index contributed by atoms with van der Waals surface area (Å²) in [5.74, 6) is 0.971. The lowest BCUT2D eigenvalue weighted by atomic mass is 9.88. The Bertz CT molecular complexity index is 307. The van der Waals surface area contributed by atoms with Gasteiger partial charge >= 0.3 is 0 Å². The zero-order chi connectivity index (χ0) is 10.7. The fourth-order valence-electron chi connectivity index (χ4n) is 2.66. The van der Waals surface area contributed by atoms with Crippen molar-refractivity contribution in [3.05, 3.63) is 33.9 Å². The molecule has 0 aromatic heterocycles. The van der Waals surface area contributed by atoms with Crippen LogP contribution in [-0.2, 0) is 0 Å². The summed E-state index contributed by atoms with van der Waals surface area (Å²) in [7, 11) is 0. The van der Waals surface area contributed by atoms with Crippen LogP contribution in [0.4, 0.5) is 0 Å². The fourth-order valence-corrected chi connectivity index (χ4v) is 2.66. The maximum absolute atomic E-state index is 10.5. The molecular formula is C12H17NO2. The van der Waals surface area contributed by atoms with Crippen LogP contribution in [0.25, 0.3) is 0 Å². The number of hydrogen-bond acceptors (Lipinski definition) is 2. The molecule has 3 heteroatoms. The molecule has 82 valence electrons. The fraction of sp³-hybridized carbons (Fsp3) is 0.667. The minimum absolute atomic E-state index is 0.160. The molecule has 2 aliphatic carbocycles. The van der Waals surface area contributed by atoms with Crippen molar-refractivity contribution in [1.82, 2.24) is 0 Å². The second-order valence-electron chi connectivity index (χ2n) is 4.60. The Morgan fingerprint density at radius 2 is 2.27 bits per heavy atom. The van der Waals surface area contributed by atoms with E-state index in [2.05, 4.69) is 18.2 Å². The van der Waals surface area contributed by atoms with Gasteiger partial charge in [0.05, 0.1) is 0 Å². The summed E-state index contributed by atoms with van der Waals surface area (Å²) in [4.78, 5) is 10.3. The third-order valence-electron chi connectivity index (χ3n) is 3.56. The highest BCUT2D eigenvalue weighted by atomic mass is 16.6. The average molecular weight is 207 g/mol. The van der Waals surface area contributed by atoms with E-state index in [1.807, 2.05) is 0 Å². The van der Waals surface area contributed by atoms with Crippen molar-refractivity contribution in [3.63, 3.8) is 0 Å². The van der Waals surface area contributed by atoms with Crippen LogP contribution >= 0.6 is 0 Å². The summed E-state index contributed by atoms with van der Waals surface area (Å²) in [6.07, 6.45) is 11.9. The monoisotopic (exact) mass is 207 g/mol. The Morgan fingerprint density at radius 1 is 1.40 bits per heavy atom. The van der Waals surface area contributed by atoms with Gasteiger partial charge in [-0.05, 0) is 38.0 Å². The molecule has 2 unspecified atom stereocenters. The lowest BCUT2D eigenvalue weighted by molar-refractivity contribution is -0.488. The van der Waals surface area contributed by atoms with Crippen molar-refractivity contribution in [3.8, 4) is 0 Å². The van der Waals surface area contributed by atoms with Crippen molar-refractivity contribution < 1.29 is 4.92 Å². The van der Waals surface area contributed by atoms with Gasteiger partial charge in [0.2, 0.25) is 6.54 Å². The van der Waals surface area contributed by atoms with E-state index in [1.165, 1.54) is 5.57 Å². The van der Waals surface area contributed by atoms with E-state index in [9.17, 15) is 10.1 Å². The highest BCUT2D eigenvalue weighted by molar-refractivity contribution is 5.21. The number of fused-ring (bicyclic) bond motifs is 1. The summed E-state index contributed by atoms with van der Waals surface area (Å²) in [6, 6.07) is 0. The van der Waals surface area contributed by atoms with Crippen LogP contribution in [0, 0.1) is 22.0 Å². The van der Waals surface area contributed by atoms with Crippen molar-refractivity contribution >= 4 is 0 Å². The quantitative estimate of drug-likeness (QED) is 0.516. The topological polar surface area (TPSA) is 43.1 Å². The summed E-state index contributed by atoms with van der Waals surface area (Å²) < 4.78 is 0. The zero-order valence-corrected chi connectivity index (χ0v) is 8.89. The second kappa shape index (κ2) is 4.60. The average Bonchev–Trinajstić information content (AvgIpc) is 2.41. The molecule has 15 heavy (non-hydrogen) atoms. The molecule has 0 aromatic rings. The van der Waals surface area contributed by atoms with E-state index >= 15 is 0 Å². The Labute approximate surface area is 90.0 Å². The van der Waals surface area contributed by atoms with E-state index < -0.39 is 0 Å². The molecule has 0 heterocycles. The molecule has 0 amide bonds. The third kappa shape index (κ3) is 2.67. The third-order valence-corrected chi connectivity index (χ3v) is 3.56. The SMILES string of the molecule is O=[N+]([O-])CC1CCC2=CC=CCC2CC1. The van der Waals surface area contributed by atoms with Crippen molar-refractivity contribution in [2.45, 2.75) is 32.1 Å². The number of nitro groups is 1. The summed E-state index contributed by atoms with van der Waals surface area (Å²) in [5.41, 5.74) is 1.52. The minimum Gasteiger partial charge on any atom is -0.265 e. The zero-order valence-electron chi connectivity index (χ0n) is 8.89. The van der Waals surface area contributed by atoms with Gasteiger partial charge in [-0.3, -0.25) is 10.1 Å². The Kier molecular flexibility index (Phi) is 3.19. The van der Waals surface area contributed by atoms with Crippen LogP contribution in [0.3, 0.4) is 0 Å². The van der Waals surface area contributed by atoms with E-state index in [0.29, 0.717) is 11.8 Å². The van der Waals surface area contributed by atoms with Crippen LogP contribution < -0.4 is 0 Å². The predicted molar refractivity (Wildman–Crippen MR) is 59.1 cm³/mol. The van der Waals surface area contributed by atoms with Gasteiger partial charge in [0.25, 0.3) is 0 Å². The van der Waals surface area contributed by atoms with Gasteiger partial charge < -0.3 is 0 Å². The standard InChI is InChI=1S/C12H17NO2/c14-13(15)9-10-5-7-11-3-1-2-4-12(11)8-6-10/h1-3,10,12H,4-9H2. The molecule has 1 fully saturated rings. The normalized spacial score (nSPS) is 30.3. The largest absolute Gasteiger partial charge is 0.265 e. The first-order valence-electron chi connectivity index (χ1n) is 5.73. The first kappa shape index (κ1) is 10.4. The number of hydrogen-bond donors (Lipinski definition) is 0.